The van der Waals surface area contributed by atoms with Gasteiger partial charge in [0.05, 0.1) is 13.1 Å². The zero-order valence-electron chi connectivity index (χ0n) is 16.1. The molecular formula is C20H31N3O2. The predicted octanol–water partition coefficient (Wildman–Crippen LogP) is 2.68. The Morgan fingerprint density at radius 2 is 1.84 bits per heavy atom. The lowest BCUT2D eigenvalue weighted by Crippen LogP contribution is -2.46. The average molecular weight is 345 g/mol. The fourth-order valence-corrected chi connectivity index (χ4v) is 3.60. The van der Waals surface area contributed by atoms with E-state index in [-0.39, 0.29) is 18.4 Å². The summed E-state index contributed by atoms with van der Waals surface area (Å²) in [6, 6.07) is 5.95. The van der Waals surface area contributed by atoms with E-state index in [0.717, 1.165) is 29.9 Å². The van der Waals surface area contributed by atoms with Crippen LogP contribution in [0.2, 0.25) is 0 Å². The van der Waals surface area contributed by atoms with Crippen LogP contribution in [0.15, 0.2) is 18.2 Å². The van der Waals surface area contributed by atoms with E-state index >= 15 is 0 Å². The Kier molecular flexibility index (Phi) is 6.59. The van der Waals surface area contributed by atoms with Crippen LogP contribution < -0.4 is 5.32 Å². The lowest BCUT2D eigenvalue weighted by molar-refractivity contribution is -0.134. The topological polar surface area (TPSA) is 52.7 Å². The molecule has 0 radical (unpaired) electrons. The molecule has 1 saturated heterocycles. The molecule has 2 rings (SSSR count). The molecule has 1 aromatic rings. The first-order valence-electron chi connectivity index (χ1n) is 9.08. The molecule has 1 fully saturated rings. The highest BCUT2D eigenvalue weighted by Crippen LogP contribution is 2.20. The summed E-state index contributed by atoms with van der Waals surface area (Å²) in [4.78, 5) is 28.4. The van der Waals surface area contributed by atoms with Gasteiger partial charge in [-0.1, -0.05) is 26.0 Å². The van der Waals surface area contributed by atoms with Crippen LogP contribution in [0.1, 0.15) is 31.4 Å². The fourth-order valence-electron chi connectivity index (χ4n) is 3.60. The molecule has 0 spiro atoms. The third-order valence-corrected chi connectivity index (χ3v) is 4.78. The van der Waals surface area contributed by atoms with Crippen molar-refractivity contribution in [3.8, 4) is 0 Å². The number of hydrogen-bond acceptors (Lipinski definition) is 3. The molecule has 2 amide bonds. The number of nitrogens with zero attached hydrogens (tertiary/aromatic N) is 2. The molecule has 1 aliphatic heterocycles. The van der Waals surface area contributed by atoms with Gasteiger partial charge in [-0.05, 0) is 49.3 Å². The van der Waals surface area contributed by atoms with Crippen molar-refractivity contribution in [2.75, 3.05) is 38.5 Å². The highest BCUT2D eigenvalue weighted by molar-refractivity contribution is 5.95. The molecule has 0 saturated carbocycles. The smallest absolute Gasteiger partial charge is 0.243 e. The van der Waals surface area contributed by atoms with Gasteiger partial charge in [0.1, 0.15) is 0 Å². The molecule has 1 N–H and O–H groups in total. The molecule has 0 bridgehead atoms. The van der Waals surface area contributed by atoms with Crippen LogP contribution in [0.4, 0.5) is 5.69 Å². The van der Waals surface area contributed by atoms with E-state index in [4.69, 9.17) is 0 Å². The number of benzene rings is 1. The molecule has 1 heterocycles. The van der Waals surface area contributed by atoms with Gasteiger partial charge in [0, 0.05) is 25.8 Å². The van der Waals surface area contributed by atoms with Crippen molar-refractivity contribution in [2.24, 2.45) is 11.8 Å². The normalized spacial score (nSPS) is 21.0. The minimum Gasteiger partial charge on any atom is -0.335 e. The van der Waals surface area contributed by atoms with E-state index in [1.54, 1.807) is 7.05 Å². The summed E-state index contributed by atoms with van der Waals surface area (Å²) in [6.45, 7) is 10.8. The quantitative estimate of drug-likeness (QED) is 0.893. The van der Waals surface area contributed by atoms with Gasteiger partial charge in [-0.15, -0.1) is 0 Å². The van der Waals surface area contributed by atoms with Crippen molar-refractivity contribution in [3.63, 3.8) is 0 Å². The molecule has 0 aromatic heterocycles. The van der Waals surface area contributed by atoms with Crippen molar-refractivity contribution < 1.29 is 9.59 Å². The summed E-state index contributed by atoms with van der Waals surface area (Å²) >= 11 is 0. The molecule has 0 unspecified atom stereocenters. The summed E-state index contributed by atoms with van der Waals surface area (Å²) in [5, 5.41) is 2.91. The number of hydrogen-bond donors (Lipinski definition) is 1. The highest BCUT2D eigenvalue weighted by Gasteiger charge is 2.24. The minimum atomic E-state index is -0.162. The summed E-state index contributed by atoms with van der Waals surface area (Å²) in [5.74, 6) is 1.08. The van der Waals surface area contributed by atoms with Crippen molar-refractivity contribution in [1.29, 1.82) is 0 Å². The maximum Gasteiger partial charge on any atom is 0.243 e. The standard InChI is InChI=1S/C20H31N3O2/c1-14-6-7-17(4)18(9-14)21-19(24)12-22(5)20(25)13-23-10-15(2)8-16(3)11-23/h6-7,9,15-16H,8,10-13H2,1-5H3,(H,21,24)/t15-,16+. The van der Waals surface area contributed by atoms with Gasteiger partial charge in [-0.3, -0.25) is 14.5 Å². The van der Waals surface area contributed by atoms with Gasteiger partial charge >= 0.3 is 0 Å². The number of anilines is 1. The monoisotopic (exact) mass is 345 g/mol. The summed E-state index contributed by atoms with van der Waals surface area (Å²) in [6.07, 6.45) is 1.22. The molecule has 2 atom stereocenters. The molecule has 5 nitrogen and oxygen atoms in total. The number of carbonyl (C=O) groups excluding carboxylic acids is 2. The van der Waals surface area contributed by atoms with Crippen LogP contribution in [0.5, 0.6) is 0 Å². The van der Waals surface area contributed by atoms with Gasteiger partial charge in [-0.2, -0.15) is 0 Å². The average Bonchev–Trinajstić information content (AvgIpc) is 2.49. The van der Waals surface area contributed by atoms with Crippen LogP contribution in [-0.2, 0) is 9.59 Å². The number of nitrogens with one attached hydrogen (secondary N) is 1. The van der Waals surface area contributed by atoms with E-state index in [0.29, 0.717) is 18.4 Å². The van der Waals surface area contributed by atoms with Gasteiger partial charge in [0.25, 0.3) is 0 Å². The Balaban J connectivity index is 1.85. The van der Waals surface area contributed by atoms with E-state index in [2.05, 4.69) is 24.1 Å². The zero-order chi connectivity index (χ0) is 18.6. The number of amides is 2. The van der Waals surface area contributed by atoms with Gasteiger partial charge < -0.3 is 10.2 Å². The first-order chi connectivity index (χ1) is 11.7. The van der Waals surface area contributed by atoms with Crippen LogP contribution in [0.25, 0.3) is 0 Å². The lowest BCUT2D eigenvalue weighted by Gasteiger charge is -2.35. The first kappa shape index (κ1) is 19.4. The van der Waals surface area contributed by atoms with Crippen molar-refractivity contribution in [2.45, 2.75) is 34.1 Å². The zero-order valence-corrected chi connectivity index (χ0v) is 16.1. The van der Waals surface area contributed by atoms with E-state index in [9.17, 15) is 9.59 Å². The fraction of sp³-hybridized carbons (Fsp3) is 0.600. The van der Waals surface area contributed by atoms with Crippen LogP contribution in [0.3, 0.4) is 0 Å². The number of likely N-dealkylation sites (tertiary alicyclic amines) is 1. The lowest BCUT2D eigenvalue weighted by atomic mass is 9.92. The Hall–Kier alpha value is -1.88. The van der Waals surface area contributed by atoms with Crippen molar-refractivity contribution in [1.82, 2.24) is 9.80 Å². The Morgan fingerprint density at radius 1 is 1.20 bits per heavy atom. The number of aryl methyl sites for hydroxylation is 2. The molecule has 25 heavy (non-hydrogen) atoms. The van der Waals surface area contributed by atoms with Crippen LogP contribution in [-0.4, -0.2) is 54.8 Å². The molecule has 0 aliphatic carbocycles. The van der Waals surface area contributed by atoms with Crippen LogP contribution in [0, 0.1) is 25.7 Å². The second-order valence-electron chi connectivity index (χ2n) is 7.76. The Morgan fingerprint density at radius 3 is 2.48 bits per heavy atom. The number of likely N-dealkylation sites (N-methyl/N-ethyl adjacent to an activating group) is 1. The molecular weight excluding hydrogens is 314 g/mol. The summed E-state index contributed by atoms with van der Waals surface area (Å²) in [7, 11) is 1.70. The molecule has 5 heteroatoms. The third-order valence-electron chi connectivity index (χ3n) is 4.78. The largest absolute Gasteiger partial charge is 0.335 e. The van der Waals surface area contributed by atoms with E-state index in [1.165, 1.54) is 11.3 Å². The third kappa shape index (κ3) is 5.85. The second-order valence-corrected chi connectivity index (χ2v) is 7.76. The first-order valence-corrected chi connectivity index (χ1v) is 9.08. The summed E-state index contributed by atoms with van der Waals surface area (Å²) in [5.41, 5.74) is 2.92. The van der Waals surface area contributed by atoms with Gasteiger partial charge in [0.2, 0.25) is 11.8 Å². The minimum absolute atomic E-state index is 0.00239. The maximum absolute atomic E-state index is 12.4. The number of carbonyl (C=O) groups is 2. The van der Waals surface area contributed by atoms with E-state index < -0.39 is 0 Å². The SMILES string of the molecule is Cc1ccc(C)c(NC(=O)CN(C)C(=O)CN2C[C@H](C)C[C@H](C)C2)c1. The Labute approximate surface area is 151 Å². The van der Waals surface area contributed by atoms with Crippen LogP contribution >= 0.6 is 0 Å². The summed E-state index contributed by atoms with van der Waals surface area (Å²) < 4.78 is 0. The Bertz CT molecular complexity index is 619. The predicted molar refractivity (Wildman–Crippen MR) is 102 cm³/mol. The van der Waals surface area contributed by atoms with Gasteiger partial charge in [-0.25, -0.2) is 0 Å². The number of rotatable bonds is 5. The second kappa shape index (κ2) is 8.48. The molecule has 138 valence electrons. The highest BCUT2D eigenvalue weighted by atomic mass is 16.2. The molecule has 1 aliphatic rings. The maximum atomic E-state index is 12.4. The van der Waals surface area contributed by atoms with E-state index in [1.807, 2.05) is 32.0 Å². The van der Waals surface area contributed by atoms with Gasteiger partial charge in [0.15, 0.2) is 0 Å². The number of piperidine rings is 1. The van der Waals surface area contributed by atoms with Crippen molar-refractivity contribution >= 4 is 17.5 Å². The van der Waals surface area contributed by atoms with Crippen molar-refractivity contribution in [3.05, 3.63) is 29.3 Å². The molecule has 1 aromatic carbocycles.